The summed E-state index contributed by atoms with van der Waals surface area (Å²) in [5, 5.41) is 5.33. The van der Waals surface area contributed by atoms with Gasteiger partial charge in [0, 0.05) is 26.5 Å². The first-order valence-corrected chi connectivity index (χ1v) is 8.15. The van der Waals surface area contributed by atoms with Crippen LogP contribution in [0.3, 0.4) is 0 Å². The Kier molecular flexibility index (Phi) is 4.84. The molecule has 5 heteroatoms. The molecule has 0 bridgehead atoms. The van der Waals surface area contributed by atoms with E-state index in [9.17, 15) is 0 Å². The van der Waals surface area contributed by atoms with Gasteiger partial charge in [-0.1, -0.05) is 33.8 Å². The van der Waals surface area contributed by atoms with Crippen molar-refractivity contribution in [2.24, 2.45) is 0 Å². The van der Waals surface area contributed by atoms with Gasteiger partial charge in [0.05, 0.1) is 0 Å². The Balaban J connectivity index is 2.18. The minimum Gasteiger partial charge on any atom is -0.313 e. The highest BCUT2D eigenvalue weighted by Gasteiger charge is 2.09. The quantitative estimate of drug-likeness (QED) is 0.875. The van der Waals surface area contributed by atoms with E-state index in [-0.39, 0.29) is 0 Å². The number of aryl methyl sites for hydroxylation is 1. The Bertz CT molecular complexity index is 540. The Labute approximate surface area is 124 Å². The maximum atomic E-state index is 4.46. The van der Waals surface area contributed by atoms with Gasteiger partial charge in [0.25, 0.3) is 0 Å². The van der Waals surface area contributed by atoms with Crippen LogP contribution in [-0.4, -0.2) is 12.0 Å². The summed E-state index contributed by atoms with van der Waals surface area (Å²) in [5.74, 6) is 0. The fraction of sp³-hybridized carbons (Fsp3) is 0.308. The topological polar surface area (TPSA) is 24.9 Å². The van der Waals surface area contributed by atoms with Crippen LogP contribution in [-0.2, 0) is 0 Å². The largest absolute Gasteiger partial charge is 0.313 e. The average Bonchev–Trinajstić information content (AvgIpc) is 2.74. The molecule has 1 N–H and O–H groups in total. The molecule has 0 saturated carbocycles. The second-order valence-electron chi connectivity index (χ2n) is 4.05. The predicted molar refractivity (Wildman–Crippen MR) is 82.6 cm³/mol. The van der Waals surface area contributed by atoms with Crippen molar-refractivity contribution >= 4 is 39.0 Å². The number of benzene rings is 1. The van der Waals surface area contributed by atoms with Crippen LogP contribution < -0.4 is 5.32 Å². The summed E-state index contributed by atoms with van der Waals surface area (Å²) in [6.07, 6.45) is 0. The maximum Gasteiger partial charge on any atom is 0.154 e. The number of nitrogens with one attached hydrogen (secondary N) is 1. The van der Waals surface area contributed by atoms with Gasteiger partial charge in [0.2, 0.25) is 0 Å². The smallest absolute Gasteiger partial charge is 0.154 e. The molecule has 2 aromatic rings. The monoisotopic (exact) mass is 342 g/mol. The van der Waals surface area contributed by atoms with Gasteiger partial charge in [-0.25, -0.2) is 4.98 Å². The van der Waals surface area contributed by atoms with E-state index in [0.29, 0.717) is 6.04 Å². The molecule has 1 aromatic heterocycles. The number of nitrogens with zero attached hydrogens (tertiary/aromatic N) is 1. The van der Waals surface area contributed by atoms with Crippen molar-refractivity contribution in [3.63, 3.8) is 0 Å². The average molecular weight is 343 g/mol. The van der Waals surface area contributed by atoms with E-state index in [1.165, 1.54) is 10.5 Å². The SMILES string of the molecule is CNC(C)c1ccc(Sc2nc(C)cs2)cc1Br. The molecule has 18 heavy (non-hydrogen) atoms. The van der Waals surface area contributed by atoms with Gasteiger partial charge < -0.3 is 5.32 Å². The van der Waals surface area contributed by atoms with Gasteiger partial charge in [-0.05, 0) is 38.6 Å². The summed E-state index contributed by atoms with van der Waals surface area (Å²) in [4.78, 5) is 5.67. The first-order chi connectivity index (χ1) is 8.60. The van der Waals surface area contributed by atoms with E-state index in [4.69, 9.17) is 0 Å². The van der Waals surface area contributed by atoms with E-state index in [2.05, 4.69) is 56.7 Å². The highest BCUT2D eigenvalue weighted by molar-refractivity contribution is 9.10. The molecule has 0 aliphatic heterocycles. The van der Waals surface area contributed by atoms with Crippen LogP contribution in [0.2, 0.25) is 0 Å². The van der Waals surface area contributed by atoms with Gasteiger partial charge >= 0.3 is 0 Å². The Morgan fingerprint density at radius 3 is 2.78 bits per heavy atom. The summed E-state index contributed by atoms with van der Waals surface area (Å²) in [7, 11) is 1.97. The fourth-order valence-corrected chi connectivity index (χ4v) is 4.28. The molecule has 1 aromatic carbocycles. The lowest BCUT2D eigenvalue weighted by Crippen LogP contribution is -2.12. The van der Waals surface area contributed by atoms with Crippen molar-refractivity contribution < 1.29 is 0 Å². The van der Waals surface area contributed by atoms with Crippen LogP contribution in [0.4, 0.5) is 0 Å². The minimum atomic E-state index is 0.348. The third-order valence-corrected chi connectivity index (χ3v) is 5.41. The Morgan fingerprint density at radius 2 is 2.22 bits per heavy atom. The molecule has 0 amide bonds. The minimum absolute atomic E-state index is 0.348. The molecule has 96 valence electrons. The molecule has 0 fully saturated rings. The highest BCUT2D eigenvalue weighted by atomic mass is 79.9. The molecular formula is C13H15BrN2S2. The molecule has 0 aliphatic carbocycles. The first-order valence-electron chi connectivity index (χ1n) is 5.67. The molecule has 2 rings (SSSR count). The van der Waals surface area contributed by atoms with Crippen LogP contribution in [0.5, 0.6) is 0 Å². The molecule has 0 aliphatic rings. The molecule has 0 spiro atoms. The third kappa shape index (κ3) is 3.35. The van der Waals surface area contributed by atoms with Crippen molar-refractivity contribution in [2.75, 3.05) is 7.05 Å². The zero-order valence-corrected chi connectivity index (χ0v) is 13.7. The summed E-state index contributed by atoms with van der Waals surface area (Å²) < 4.78 is 2.23. The lowest BCUT2D eigenvalue weighted by Gasteiger charge is -2.13. The molecule has 0 radical (unpaired) electrons. The van der Waals surface area contributed by atoms with Crippen LogP contribution in [0, 0.1) is 6.92 Å². The van der Waals surface area contributed by atoms with E-state index < -0.39 is 0 Å². The van der Waals surface area contributed by atoms with Gasteiger partial charge in [0.15, 0.2) is 4.34 Å². The van der Waals surface area contributed by atoms with Crippen LogP contribution in [0.1, 0.15) is 24.2 Å². The van der Waals surface area contributed by atoms with Crippen molar-refractivity contribution in [1.29, 1.82) is 0 Å². The number of hydrogen-bond donors (Lipinski definition) is 1. The summed E-state index contributed by atoms with van der Waals surface area (Å²) in [6.45, 7) is 4.17. The summed E-state index contributed by atoms with van der Waals surface area (Å²) in [5.41, 5.74) is 2.36. The molecule has 1 unspecified atom stereocenters. The van der Waals surface area contributed by atoms with Gasteiger partial charge in [-0.15, -0.1) is 11.3 Å². The maximum absolute atomic E-state index is 4.46. The van der Waals surface area contributed by atoms with Crippen molar-refractivity contribution in [2.45, 2.75) is 29.1 Å². The number of hydrogen-bond acceptors (Lipinski definition) is 4. The summed E-state index contributed by atoms with van der Waals surface area (Å²) in [6, 6.07) is 6.81. The van der Waals surface area contributed by atoms with E-state index in [1.807, 2.05) is 14.0 Å². The summed E-state index contributed by atoms with van der Waals surface area (Å²) >= 11 is 7.03. The standard InChI is InChI=1S/C13H15BrN2S2/c1-8-7-17-13(16-8)18-10-4-5-11(9(2)15-3)12(14)6-10/h4-7,9,15H,1-3H3. The zero-order chi connectivity index (χ0) is 13.1. The Morgan fingerprint density at radius 1 is 1.44 bits per heavy atom. The number of aromatic nitrogens is 1. The van der Waals surface area contributed by atoms with Gasteiger partial charge in [-0.2, -0.15) is 0 Å². The molecular weight excluding hydrogens is 328 g/mol. The number of thiazole rings is 1. The second kappa shape index (κ2) is 6.19. The van der Waals surface area contributed by atoms with Gasteiger partial charge in [0.1, 0.15) is 0 Å². The lowest BCUT2D eigenvalue weighted by atomic mass is 10.1. The second-order valence-corrected chi connectivity index (χ2v) is 7.08. The number of halogens is 1. The zero-order valence-electron chi connectivity index (χ0n) is 10.5. The third-order valence-electron chi connectivity index (χ3n) is 2.67. The van der Waals surface area contributed by atoms with E-state index >= 15 is 0 Å². The molecule has 1 atom stereocenters. The lowest BCUT2D eigenvalue weighted by molar-refractivity contribution is 0.649. The van der Waals surface area contributed by atoms with Crippen LogP contribution >= 0.6 is 39.0 Å². The Hall–Kier alpha value is -0.360. The van der Waals surface area contributed by atoms with Gasteiger partial charge in [-0.3, -0.25) is 0 Å². The number of rotatable bonds is 4. The molecule has 1 heterocycles. The van der Waals surface area contributed by atoms with E-state index in [0.717, 1.165) is 14.5 Å². The normalized spacial score (nSPS) is 12.7. The van der Waals surface area contributed by atoms with Crippen molar-refractivity contribution in [3.8, 4) is 0 Å². The van der Waals surface area contributed by atoms with Crippen molar-refractivity contribution in [3.05, 3.63) is 39.3 Å². The highest BCUT2D eigenvalue weighted by Crippen LogP contribution is 2.34. The van der Waals surface area contributed by atoms with E-state index in [1.54, 1.807) is 23.1 Å². The van der Waals surface area contributed by atoms with Crippen molar-refractivity contribution in [1.82, 2.24) is 10.3 Å². The fourth-order valence-electron chi connectivity index (χ4n) is 1.56. The van der Waals surface area contributed by atoms with Crippen LogP contribution in [0.15, 0.2) is 37.3 Å². The first kappa shape index (κ1) is 14.1. The molecule has 0 saturated heterocycles. The predicted octanol–water partition coefficient (Wildman–Crippen LogP) is 4.65. The van der Waals surface area contributed by atoms with Crippen LogP contribution in [0.25, 0.3) is 0 Å². The molecule has 2 nitrogen and oxygen atoms in total.